The normalized spacial score (nSPS) is 13.9. The zero-order valence-corrected chi connectivity index (χ0v) is 9.28. The van der Waals surface area contributed by atoms with Crippen molar-refractivity contribution < 1.29 is 35.1 Å². The van der Waals surface area contributed by atoms with E-state index >= 15 is 0 Å². The number of aromatic nitrogens is 3. The number of nitrogens with zero attached hydrogens (tertiary/aromatic N) is 3. The van der Waals surface area contributed by atoms with E-state index in [9.17, 15) is 35.1 Å². The van der Waals surface area contributed by atoms with E-state index in [4.69, 9.17) is 0 Å². The maximum absolute atomic E-state index is 13.1. The minimum atomic E-state index is -6.17. The molecule has 1 aromatic heterocycles. The third-order valence-electron chi connectivity index (χ3n) is 2.09. The second-order valence-electron chi connectivity index (χ2n) is 3.58. The molecule has 0 spiro atoms. The third kappa shape index (κ3) is 2.78. The van der Waals surface area contributed by atoms with E-state index < -0.39 is 36.2 Å². The Morgan fingerprint density at radius 3 is 1.89 bits per heavy atom. The largest absolute Gasteiger partial charge is 0.459 e. The van der Waals surface area contributed by atoms with Gasteiger partial charge in [-0.3, -0.25) is 0 Å². The second kappa shape index (κ2) is 4.60. The fraction of sp³-hybridized carbons (Fsp3) is 0.750. The Kier molecular flexibility index (Phi) is 3.79. The van der Waals surface area contributed by atoms with Gasteiger partial charge in [0, 0.05) is 6.54 Å². The summed E-state index contributed by atoms with van der Waals surface area (Å²) in [7, 11) is 0. The summed E-state index contributed by atoms with van der Waals surface area (Å²) in [5, 5.41) is 5.11. The number of hydrogen-bond donors (Lipinski definition) is 0. The van der Waals surface area contributed by atoms with Gasteiger partial charge in [-0.25, -0.2) is 4.68 Å². The smallest absolute Gasteiger partial charge is 0.242 e. The summed E-state index contributed by atoms with van der Waals surface area (Å²) >= 11 is 0. The summed E-state index contributed by atoms with van der Waals surface area (Å²) in [6.45, 7) is 0.842. The van der Waals surface area contributed by atoms with Crippen LogP contribution < -0.4 is 0 Å². The molecule has 0 atom stereocenters. The zero-order chi connectivity index (χ0) is 15.1. The lowest BCUT2D eigenvalue weighted by molar-refractivity contribution is -0.293. The summed E-state index contributed by atoms with van der Waals surface area (Å²) in [5.41, 5.74) is -4.61. The van der Waals surface area contributed by atoms with Crippen LogP contribution in [0.25, 0.3) is 0 Å². The quantitative estimate of drug-likeness (QED) is 0.801. The van der Waals surface area contributed by atoms with Gasteiger partial charge in [-0.2, -0.15) is 35.1 Å². The highest BCUT2D eigenvalue weighted by Crippen LogP contribution is 2.47. The van der Waals surface area contributed by atoms with E-state index in [2.05, 4.69) is 10.3 Å². The first-order chi connectivity index (χ1) is 8.43. The van der Waals surface area contributed by atoms with Gasteiger partial charge < -0.3 is 0 Å². The molecule has 19 heavy (non-hydrogen) atoms. The van der Waals surface area contributed by atoms with Crippen LogP contribution in [0.15, 0.2) is 0 Å². The van der Waals surface area contributed by atoms with Crippen LogP contribution in [-0.2, 0) is 18.6 Å². The molecule has 3 nitrogen and oxygen atoms in total. The van der Waals surface area contributed by atoms with Crippen LogP contribution in [-0.4, -0.2) is 21.2 Å². The lowest BCUT2D eigenvalue weighted by Gasteiger charge is -2.21. The Balaban J connectivity index is 3.50. The minimum absolute atomic E-state index is 0.0155. The van der Waals surface area contributed by atoms with E-state index in [0.717, 1.165) is 0 Å². The molecular formula is C8H7F8N3. The first-order valence-electron chi connectivity index (χ1n) is 4.88. The second-order valence-corrected chi connectivity index (χ2v) is 3.58. The molecule has 0 aromatic carbocycles. The zero-order valence-electron chi connectivity index (χ0n) is 9.28. The van der Waals surface area contributed by atoms with Crippen molar-refractivity contribution in [2.24, 2.45) is 0 Å². The Bertz CT molecular complexity index is 444. The van der Waals surface area contributed by atoms with Gasteiger partial charge in [0.2, 0.25) is 0 Å². The van der Waals surface area contributed by atoms with Crippen molar-refractivity contribution in [3.05, 3.63) is 11.4 Å². The highest BCUT2D eigenvalue weighted by molar-refractivity contribution is 5.21. The Morgan fingerprint density at radius 1 is 1.00 bits per heavy atom. The van der Waals surface area contributed by atoms with Gasteiger partial charge in [-0.15, -0.1) is 5.10 Å². The Hall–Kier alpha value is -1.42. The molecule has 1 rings (SSSR count). The number of hydrogen-bond acceptors (Lipinski definition) is 2. The van der Waals surface area contributed by atoms with Gasteiger partial charge in [-0.05, 0) is 6.42 Å². The van der Waals surface area contributed by atoms with Gasteiger partial charge >= 0.3 is 18.3 Å². The molecular weight excluding hydrogens is 290 g/mol. The van der Waals surface area contributed by atoms with Crippen molar-refractivity contribution in [3.8, 4) is 0 Å². The van der Waals surface area contributed by atoms with Crippen molar-refractivity contribution in [3.63, 3.8) is 0 Å². The first-order valence-corrected chi connectivity index (χ1v) is 4.88. The molecule has 0 aliphatic carbocycles. The molecule has 1 aromatic rings. The monoisotopic (exact) mass is 297 g/mol. The van der Waals surface area contributed by atoms with Crippen LogP contribution >= 0.6 is 0 Å². The molecule has 1 heterocycles. The number of alkyl halides is 8. The maximum atomic E-state index is 13.1. The molecule has 0 aliphatic heterocycles. The average molecular weight is 297 g/mol. The molecule has 0 amide bonds. The lowest BCUT2D eigenvalue weighted by atomic mass is 10.1. The molecule has 0 N–H and O–H groups in total. The predicted molar refractivity (Wildman–Crippen MR) is 45.3 cm³/mol. The molecule has 0 saturated heterocycles. The van der Waals surface area contributed by atoms with E-state index in [1.165, 1.54) is 6.92 Å². The van der Waals surface area contributed by atoms with E-state index in [1.54, 1.807) is 0 Å². The minimum Gasteiger partial charge on any atom is -0.242 e. The van der Waals surface area contributed by atoms with Crippen molar-refractivity contribution in [2.45, 2.75) is 38.2 Å². The van der Waals surface area contributed by atoms with Crippen molar-refractivity contribution in [2.75, 3.05) is 0 Å². The molecule has 0 radical (unpaired) electrons. The van der Waals surface area contributed by atoms with E-state index in [0.29, 0.717) is 0 Å². The van der Waals surface area contributed by atoms with Gasteiger partial charge in [0.25, 0.3) is 0 Å². The molecule has 0 aliphatic rings. The highest BCUT2D eigenvalue weighted by Gasteiger charge is 2.64. The van der Waals surface area contributed by atoms with Crippen molar-refractivity contribution in [1.29, 1.82) is 0 Å². The van der Waals surface area contributed by atoms with Crippen molar-refractivity contribution >= 4 is 0 Å². The molecule has 0 fully saturated rings. The summed E-state index contributed by atoms with van der Waals surface area (Å²) < 4.78 is 100. The fourth-order valence-corrected chi connectivity index (χ4v) is 1.32. The molecule has 110 valence electrons. The maximum Gasteiger partial charge on any atom is 0.459 e. The first kappa shape index (κ1) is 15.6. The van der Waals surface area contributed by atoms with Crippen molar-refractivity contribution in [1.82, 2.24) is 15.0 Å². The number of rotatable bonds is 3. The summed E-state index contributed by atoms with van der Waals surface area (Å²) in [5.74, 6) is -5.68. The molecule has 11 heteroatoms. The SMILES string of the molecule is CCCn1nnc(C(F)(F)F)c1C(F)(F)C(F)(F)F. The van der Waals surface area contributed by atoms with E-state index in [1.807, 2.05) is 0 Å². The van der Waals surface area contributed by atoms with Gasteiger partial charge in [-0.1, -0.05) is 12.1 Å². The van der Waals surface area contributed by atoms with Gasteiger partial charge in [0.05, 0.1) is 0 Å². The van der Waals surface area contributed by atoms with Gasteiger partial charge in [0.15, 0.2) is 5.69 Å². The highest BCUT2D eigenvalue weighted by atomic mass is 19.4. The fourth-order valence-electron chi connectivity index (χ4n) is 1.32. The lowest BCUT2D eigenvalue weighted by Crippen LogP contribution is -2.37. The molecule has 0 bridgehead atoms. The van der Waals surface area contributed by atoms with E-state index in [-0.39, 0.29) is 11.1 Å². The standard InChI is InChI=1S/C8H7F8N3/c1-2-3-19-5(6(9,10)8(14,15)16)4(17-18-19)7(11,12)13/h2-3H2,1H3. The van der Waals surface area contributed by atoms with Crippen LogP contribution in [0.4, 0.5) is 35.1 Å². The summed E-state index contributed by atoms with van der Waals surface area (Å²) in [6, 6.07) is 0. The van der Waals surface area contributed by atoms with Crippen LogP contribution in [0.3, 0.4) is 0 Å². The predicted octanol–water partition coefficient (Wildman–Crippen LogP) is 3.36. The van der Waals surface area contributed by atoms with Crippen LogP contribution in [0.2, 0.25) is 0 Å². The molecule has 0 saturated carbocycles. The van der Waals surface area contributed by atoms with Crippen LogP contribution in [0.5, 0.6) is 0 Å². The number of halogens is 8. The number of aryl methyl sites for hydroxylation is 1. The third-order valence-corrected chi connectivity index (χ3v) is 2.09. The topological polar surface area (TPSA) is 30.7 Å². The molecule has 0 unspecified atom stereocenters. The van der Waals surface area contributed by atoms with Crippen LogP contribution in [0, 0.1) is 0 Å². The average Bonchev–Trinajstić information content (AvgIpc) is 2.60. The van der Waals surface area contributed by atoms with Gasteiger partial charge in [0.1, 0.15) is 5.69 Å². The Morgan fingerprint density at radius 2 is 1.53 bits per heavy atom. The summed E-state index contributed by atoms with van der Waals surface area (Å²) in [6.07, 6.45) is -11.6. The summed E-state index contributed by atoms with van der Waals surface area (Å²) in [4.78, 5) is 0. The Labute approximate surface area is 101 Å². The van der Waals surface area contributed by atoms with Crippen LogP contribution in [0.1, 0.15) is 24.7 Å².